The Bertz CT molecular complexity index is 1910. The predicted molar refractivity (Wildman–Crippen MR) is 179 cm³/mol. The smallest absolute Gasteiger partial charge is 0.434 e. The maximum absolute atomic E-state index is 13.5. The van der Waals surface area contributed by atoms with Gasteiger partial charge in [-0.3, -0.25) is 15.0 Å². The number of fused-ring (bicyclic) bond motifs is 1. The van der Waals surface area contributed by atoms with Gasteiger partial charge in [-0.05, 0) is 50.1 Å². The number of benzene rings is 1. The second-order valence-electron chi connectivity index (χ2n) is 12.1. The summed E-state index contributed by atoms with van der Waals surface area (Å²) in [6.45, 7) is 9.61. The van der Waals surface area contributed by atoms with E-state index < -0.39 is 29.3 Å². The number of nitrogens with one attached hydrogen (secondary N) is 2. The molecule has 12 nitrogen and oxygen atoms in total. The molecule has 2 saturated heterocycles. The van der Waals surface area contributed by atoms with Crippen molar-refractivity contribution in [3.63, 3.8) is 0 Å². The van der Waals surface area contributed by atoms with Gasteiger partial charge in [0.05, 0.1) is 24.4 Å². The van der Waals surface area contributed by atoms with Crippen molar-refractivity contribution in [2.45, 2.75) is 26.1 Å². The molecule has 5 heterocycles. The van der Waals surface area contributed by atoms with E-state index in [1.54, 1.807) is 19.1 Å². The first-order valence-electron chi connectivity index (χ1n) is 16.0. The summed E-state index contributed by atoms with van der Waals surface area (Å²) in [6.07, 6.45) is -2.30. The normalized spacial score (nSPS) is 17.4. The van der Waals surface area contributed by atoms with Crippen LogP contribution in [0.4, 0.5) is 23.8 Å². The van der Waals surface area contributed by atoms with Crippen LogP contribution < -0.4 is 16.1 Å². The van der Waals surface area contributed by atoms with E-state index >= 15 is 0 Å². The van der Waals surface area contributed by atoms with Gasteiger partial charge in [0.15, 0.2) is 5.69 Å². The molecule has 4 aromatic rings. The van der Waals surface area contributed by atoms with Crippen LogP contribution in [0.25, 0.3) is 32.7 Å². The average molecular weight is 700 g/mol. The lowest BCUT2D eigenvalue weighted by atomic mass is 10.0. The number of rotatable bonds is 10. The zero-order valence-electron chi connectivity index (χ0n) is 26.8. The molecule has 2 aliphatic heterocycles. The van der Waals surface area contributed by atoms with Crippen LogP contribution in [-0.4, -0.2) is 100 Å². The van der Waals surface area contributed by atoms with E-state index in [1.807, 2.05) is 4.57 Å². The van der Waals surface area contributed by atoms with E-state index in [4.69, 9.17) is 4.74 Å². The zero-order valence-corrected chi connectivity index (χ0v) is 27.6. The van der Waals surface area contributed by atoms with Gasteiger partial charge < -0.3 is 24.6 Å². The van der Waals surface area contributed by atoms with Crippen molar-refractivity contribution in [3.8, 4) is 21.8 Å². The highest BCUT2D eigenvalue weighted by Crippen LogP contribution is 2.36. The molecule has 2 amide bonds. The van der Waals surface area contributed by atoms with E-state index in [9.17, 15) is 32.7 Å². The number of aromatic nitrogens is 3. The molecule has 2 fully saturated rings. The molecule has 260 valence electrons. The molecule has 0 bridgehead atoms. The Kier molecular flexibility index (Phi) is 10.3. The number of ether oxygens (including phenoxy) is 1. The summed E-state index contributed by atoms with van der Waals surface area (Å²) >= 11 is 0.792. The van der Waals surface area contributed by atoms with E-state index in [0.29, 0.717) is 24.2 Å². The Morgan fingerprint density at radius 1 is 1.06 bits per heavy atom. The van der Waals surface area contributed by atoms with Gasteiger partial charge in [0, 0.05) is 73.9 Å². The van der Waals surface area contributed by atoms with Gasteiger partial charge in [-0.25, -0.2) is 19.6 Å². The van der Waals surface area contributed by atoms with Crippen molar-refractivity contribution in [3.05, 3.63) is 63.4 Å². The molecular formula is C33H36F3N7O5S. The summed E-state index contributed by atoms with van der Waals surface area (Å²) in [5, 5.41) is 16.2. The Balaban J connectivity index is 1.32. The predicted octanol–water partition coefficient (Wildman–Crippen LogP) is 4.70. The second kappa shape index (κ2) is 14.6. The van der Waals surface area contributed by atoms with E-state index in [-0.39, 0.29) is 39.0 Å². The number of hydrogen-bond acceptors (Lipinski definition) is 9. The number of nitrogens with zero attached hydrogens (tertiary/aromatic N) is 5. The summed E-state index contributed by atoms with van der Waals surface area (Å²) in [4.78, 5) is 51.1. The first-order chi connectivity index (χ1) is 23.5. The molecule has 3 aromatic heterocycles. The standard InChI is InChI=1S/C33H36F3N7O5S/c1-2-37-32(47)40-28-15-22(30-39-27(19-49-30)33(34,35)36)14-25(38-28)21-3-4-26-23(13-21)29(44)24(31(45)46)18-43(26)17-20-5-6-42(16-20)8-7-41-9-11-48-12-10-41/h3-4,13-15,18-20H,2,5-12,16-17H2,1H3,(H,45,46)(H2,37,38,40,47). The minimum absolute atomic E-state index is 0.0541. The van der Waals surface area contributed by atoms with E-state index in [2.05, 4.69) is 30.4 Å². The SMILES string of the molecule is CCNC(=O)Nc1cc(-c2nc(C(F)(F)F)cs2)cc(-c2ccc3c(c2)c(=O)c(C(=O)O)cn3CC2CCN(CCN3CCOCC3)C2)n1. The number of carboxylic acids is 1. The molecule has 2 aliphatic rings. The number of urea groups is 1. The third-order valence-electron chi connectivity index (χ3n) is 8.71. The Morgan fingerprint density at radius 3 is 2.55 bits per heavy atom. The highest BCUT2D eigenvalue weighted by atomic mass is 32.1. The summed E-state index contributed by atoms with van der Waals surface area (Å²) in [7, 11) is 0. The number of hydrogen-bond donors (Lipinski definition) is 3. The van der Waals surface area contributed by atoms with Crippen LogP contribution in [0.5, 0.6) is 0 Å². The summed E-state index contributed by atoms with van der Waals surface area (Å²) in [5.74, 6) is -1.04. The van der Waals surface area contributed by atoms with Crippen LogP contribution in [-0.2, 0) is 17.5 Å². The van der Waals surface area contributed by atoms with Gasteiger partial charge in [0.1, 0.15) is 16.4 Å². The number of aromatic carboxylic acids is 1. The number of alkyl halides is 3. The van der Waals surface area contributed by atoms with Crippen molar-refractivity contribution in [2.24, 2.45) is 5.92 Å². The number of amides is 2. The Morgan fingerprint density at radius 2 is 1.84 bits per heavy atom. The highest BCUT2D eigenvalue weighted by Gasteiger charge is 2.34. The Labute approximate surface area is 283 Å². The lowest BCUT2D eigenvalue weighted by Gasteiger charge is -2.28. The number of anilines is 1. The third kappa shape index (κ3) is 8.09. The monoisotopic (exact) mass is 699 g/mol. The van der Waals surface area contributed by atoms with Crippen LogP contribution in [0.2, 0.25) is 0 Å². The van der Waals surface area contributed by atoms with Crippen molar-refractivity contribution < 1.29 is 32.6 Å². The lowest BCUT2D eigenvalue weighted by Crippen LogP contribution is -2.41. The van der Waals surface area contributed by atoms with Gasteiger partial charge in [0.2, 0.25) is 5.43 Å². The molecule has 0 aliphatic carbocycles. The molecular weight excluding hydrogens is 663 g/mol. The molecule has 16 heteroatoms. The molecule has 1 unspecified atom stereocenters. The number of carbonyl (C=O) groups is 2. The first kappa shape index (κ1) is 34.5. The van der Waals surface area contributed by atoms with Gasteiger partial charge in [0.25, 0.3) is 0 Å². The molecule has 1 atom stereocenters. The molecule has 6 rings (SSSR count). The average Bonchev–Trinajstić information content (AvgIpc) is 3.76. The van der Waals surface area contributed by atoms with Crippen molar-refractivity contribution >= 4 is 40.1 Å². The van der Waals surface area contributed by atoms with Crippen LogP contribution in [0.15, 0.2) is 46.7 Å². The van der Waals surface area contributed by atoms with Crippen LogP contribution in [0.3, 0.4) is 0 Å². The summed E-state index contributed by atoms with van der Waals surface area (Å²) in [5.41, 5.74) is -0.597. The first-order valence-corrected chi connectivity index (χ1v) is 16.9. The van der Waals surface area contributed by atoms with Crippen molar-refractivity contribution in [1.29, 1.82) is 0 Å². The molecule has 3 N–H and O–H groups in total. The van der Waals surface area contributed by atoms with E-state index in [0.717, 1.165) is 75.6 Å². The number of carbonyl (C=O) groups excluding carboxylic acids is 1. The molecule has 49 heavy (non-hydrogen) atoms. The number of likely N-dealkylation sites (tertiary alicyclic amines) is 1. The summed E-state index contributed by atoms with van der Waals surface area (Å²) < 4.78 is 47.3. The molecule has 0 spiro atoms. The molecule has 1 aromatic carbocycles. The Hall–Kier alpha value is -4.38. The topological polar surface area (TPSA) is 142 Å². The number of thiazole rings is 1. The number of halogens is 3. The van der Waals surface area contributed by atoms with Gasteiger partial charge in [-0.2, -0.15) is 13.2 Å². The minimum atomic E-state index is -4.63. The van der Waals surface area contributed by atoms with Gasteiger partial charge in [-0.1, -0.05) is 6.07 Å². The number of morpholine rings is 1. The largest absolute Gasteiger partial charge is 0.477 e. The minimum Gasteiger partial charge on any atom is -0.477 e. The zero-order chi connectivity index (χ0) is 34.7. The fourth-order valence-electron chi connectivity index (χ4n) is 6.23. The molecule has 0 radical (unpaired) electrons. The highest BCUT2D eigenvalue weighted by molar-refractivity contribution is 7.13. The maximum atomic E-state index is 13.5. The van der Waals surface area contributed by atoms with Gasteiger partial charge in [-0.15, -0.1) is 11.3 Å². The lowest BCUT2D eigenvalue weighted by molar-refractivity contribution is -0.140. The third-order valence-corrected chi connectivity index (χ3v) is 9.60. The van der Waals surface area contributed by atoms with Crippen LogP contribution in [0.1, 0.15) is 29.4 Å². The van der Waals surface area contributed by atoms with Crippen molar-refractivity contribution in [1.82, 2.24) is 29.7 Å². The number of carboxylic acid groups (broad SMARTS) is 1. The van der Waals surface area contributed by atoms with Crippen LogP contribution in [0, 0.1) is 5.92 Å². The number of pyridine rings is 2. The fourth-order valence-corrected chi connectivity index (χ4v) is 7.05. The van der Waals surface area contributed by atoms with Crippen LogP contribution >= 0.6 is 11.3 Å². The quantitative estimate of drug-likeness (QED) is 0.215. The molecule has 0 saturated carbocycles. The van der Waals surface area contributed by atoms with Crippen molar-refractivity contribution in [2.75, 3.05) is 64.3 Å². The fraction of sp³-hybridized carbons (Fsp3) is 0.424. The second-order valence-corrected chi connectivity index (χ2v) is 13.0. The van der Waals surface area contributed by atoms with E-state index in [1.165, 1.54) is 24.4 Å². The van der Waals surface area contributed by atoms with Gasteiger partial charge >= 0.3 is 18.2 Å². The summed E-state index contributed by atoms with van der Waals surface area (Å²) in [6, 6.07) is 7.35. The maximum Gasteiger partial charge on any atom is 0.434 e.